The average Bonchev–Trinajstić information content (AvgIpc) is 2.57. The second-order valence-electron chi connectivity index (χ2n) is 5.38. The van der Waals surface area contributed by atoms with E-state index in [0.717, 1.165) is 31.2 Å². The zero-order chi connectivity index (χ0) is 13.8. The van der Waals surface area contributed by atoms with Gasteiger partial charge in [0, 0.05) is 6.04 Å². The number of carbonyl (C=O) groups is 1. The highest BCUT2D eigenvalue weighted by Gasteiger charge is 2.27. The maximum Gasteiger partial charge on any atom is 0.229 e. The summed E-state index contributed by atoms with van der Waals surface area (Å²) in [4.78, 5) is 12.3. The normalized spacial score (nSPS) is 23.7. The lowest BCUT2D eigenvalue weighted by molar-refractivity contribution is -0.120. The van der Waals surface area contributed by atoms with E-state index < -0.39 is 0 Å². The van der Waals surface area contributed by atoms with E-state index >= 15 is 0 Å². The van der Waals surface area contributed by atoms with E-state index in [2.05, 4.69) is 5.32 Å². The van der Waals surface area contributed by atoms with Crippen LogP contribution in [0, 0.1) is 12.8 Å². The van der Waals surface area contributed by atoms with Crippen LogP contribution >= 0.6 is 11.6 Å². The molecule has 2 rings (SSSR count). The standard InChI is InChI=1S/C15H21ClN2O/c1-10-7-8-14(12(16)9-10)18-15(19)11-5-3-2-4-6-13(11)17/h7-9,11,13H,2-6,17H2,1H3,(H,18,19). The van der Waals surface area contributed by atoms with E-state index in [1.54, 1.807) is 0 Å². The molecule has 0 aromatic heterocycles. The van der Waals surface area contributed by atoms with E-state index in [-0.39, 0.29) is 17.9 Å². The van der Waals surface area contributed by atoms with Gasteiger partial charge in [-0.15, -0.1) is 0 Å². The third kappa shape index (κ3) is 3.71. The summed E-state index contributed by atoms with van der Waals surface area (Å²) in [5.74, 6) is -0.0972. The van der Waals surface area contributed by atoms with Crippen LogP contribution in [0.2, 0.25) is 5.02 Å². The van der Waals surface area contributed by atoms with Crippen molar-refractivity contribution in [1.82, 2.24) is 0 Å². The summed E-state index contributed by atoms with van der Waals surface area (Å²) in [5.41, 5.74) is 7.85. The molecular weight excluding hydrogens is 260 g/mol. The molecule has 19 heavy (non-hydrogen) atoms. The lowest BCUT2D eigenvalue weighted by Gasteiger charge is -2.21. The van der Waals surface area contributed by atoms with E-state index in [0.29, 0.717) is 10.7 Å². The predicted molar refractivity (Wildman–Crippen MR) is 79.4 cm³/mol. The maximum atomic E-state index is 12.3. The minimum absolute atomic E-state index is 0.000142. The molecule has 0 radical (unpaired) electrons. The molecule has 1 amide bonds. The number of anilines is 1. The van der Waals surface area contributed by atoms with Gasteiger partial charge in [0.2, 0.25) is 5.91 Å². The Morgan fingerprint density at radius 2 is 2.05 bits per heavy atom. The fourth-order valence-corrected chi connectivity index (χ4v) is 2.89. The van der Waals surface area contributed by atoms with Crippen LogP contribution in [0.1, 0.15) is 37.7 Å². The van der Waals surface area contributed by atoms with Crippen molar-refractivity contribution < 1.29 is 4.79 Å². The highest BCUT2D eigenvalue weighted by Crippen LogP contribution is 2.26. The minimum Gasteiger partial charge on any atom is -0.327 e. The van der Waals surface area contributed by atoms with Gasteiger partial charge in [0.1, 0.15) is 0 Å². The van der Waals surface area contributed by atoms with Crippen molar-refractivity contribution in [3.8, 4) is 0 Å². The number of hydrogen-bond donors (Lipinski definition) is 2. The van der Waals surface area contributed by atoms with Crippen LogP contribution in [-0.2, 0) is 4.79 Å². The maximum absolute atomic E-state index is 12.3. The quantitative estimate of drug-likeness (QED) is 0.815. The molecule has 2 atom stereocenters. The first-order chi connectivity index (χ1) is 9.08. The molecule has 4 heteroatoms. The second-order valence-corrected chi connectivity index (χ2v) is 5.79. The molecule has 0 saturated heterocycles. The van der Waals surface area contributed by atoms with Gasteiger partial charge in [-0.25, -0.2) is 0 Å². The SMILES string of the molecule is Cc1ccc(NC(=O)C2CCCCCC2N)c(Cl)c1. The molecule has 0 spiro atoms. The number of amides is 1. The van der Waals surface area contributed by atoms with Crippen molar-refractivity contribution in [3.63, 3.8) is 0 Å². The number of rotatable bonds is 2. The van der Waals surface area contributed by atoms with Gasteiger partial charge in [-0.2, -0.15) is 0 Å². The van der Waals surface area contributed by atoms with Gasteiger partial charge in [0.15, 0.2) is 0 Å². The number of nitrogens with two attached hydrogens (primary N) is 1. The Hall–Kier alpha value is -1.06. The van der Waals surface area contributed by atoms with E-state index in [1.165, 1.54) is 6.42 Å². The van der Waals surface area contributed by atoms with E-state index in [9.17, 15) is 4.79 Å². The molecule has 104 valence electrons. The predicted octanol–water partition coefficient (Wildman–Crippen LogP) is 3.49. The molecule has 3 nitrogen and oxygen atoms in total. The van der Waals surface area contributed by atoms with Gasteiger partial charge >= 0.3 is 0 Å². The Bertz CT molecular complexity index is 461. The number of halogens is 1. The summed E-state index contributed by atoms with van der Waals surface area (Å²) >= 11 is 6.14. The summed E-state index contributed by atoms with van der Waals surface area (Å²) < 4.78 is 0. The fourth-order valence-electron chi connectivity index (χ4n) is 2.61. The molecule has 0 bridgehead atoms. The zero-order valence-electron chi connectivity index (χ0n) is 11.3. The third-order valence-corrected chi connectivity index (χ3v) is 4.10. The van der Waals surface area contributed by atoms with Crippen molar-refractivity contribution in [3.05, 3.63) is 28.8 Å². The van der Waals surface area contributed by atoms with Crippen molar-refractivity contribution in [2.24, 2.45) is 11.7 Å². The van der Waals surface area contributed by atoms with Gasteiger partial charge in [-0.1, -0.05) is 36.9 Å². The Morgan fingerprint density at radius 3 is 2.79 bits per heavy atom. The molecule has 3 N–H and O–H groups in total. The van der Waals surface area contributed by atoms with Crippen molar-refractivity contribution in [2.45, 2.75) is 45.1 Å². The van der Waals surface area contributed by atoms with Gasteiger partial charge in [-0.05, 0) is 37.5 Å². The molecule has 1 aliphatic rings. The van der Waals surface area contributed by atoms with Crippen molar-refractivity contribution >= 4 is 23.2 Å². The van der Waals surface area contributed by atoms with Crippen LogP contribution in [-0.4, -0.2) is 11.9 Å². The van der Waals surface area contributed by atoms with Gasteiger partial charge in [0.05, 0.1) is 16.6 Å². The average molecular weight is 281 g/mol. The number of hydrogen-bond acceptors (Lipinski definition) is 2. The Balaban J connectivity index is 2.07. The first-order valence-electron chi connectivity index (χ1n) is 6.90. The Morgan fingerprint density at radius 1 is 1.32 bits per heavy atom. The zero-order valence-corrected chi connectivity index (χ0v) is 12.0. The molecule has 1 aromatic rings. The summed E-state index contributed by atoms with van der Waals surface area (Å²) in [6.07, 6.45) is 5.17. The largest absolute Gasteiger partial charge is 0.327 e. The highest BCUT2D eigenvalue weighted by atomic mass is 35.5. The minimum atomic E-state index is -0.0973. The molecule has 1 aliphatic carbocycles. The van der Waals surface area contributed by atoms with Gasteiger partial charge in [-0.3, -0.25) is 4.79 Å². The Labute approximate surface area is 119 Å². The number of carbonyl (C=O) groups excluding carboxylic acids is 1. The summed E-state index contributed by atoms with van der Waals surface area (Å²) in [6.45, 7) is 1.97. The van der Waals surface area contributed by atoms with Crippen LogP contribution in [0.15, 0.2) is 18.2 Å². The molecule has 1 saturated carbocycles. The van der Waals surface area contributed by atoms with Crippen LogP contribution in [0.3, 0.4) is 0 Å². The molecule has 0 aliphatic heterocycles. The molecule has 2 unspecified atom stereocenters. The molecular formula is C15H21ClN2O. The summed E-state index contributed by atoms with van der Waals surface area (Å²) in [7, 11) is 0. The molecule has 1 aromatic carbocycles. The molecule has 1 fully saturated rings. The highest BCUT2D eigenvalue weighted by molar-refractivity contribution is 6.33. The van der Waals surface area contributed by atoms with Crippen molar-refractivity contribution in [1.29, 1.82) is 0 Å². The van der Waals surface area contributed by atoms with Crippen molar-refractivity contribution in [2.75, 3.05) is 5.32 Å². The number of benzene rings is 1. The van der Waals surface area contributed by atoms with Crippen LogP contribution in [0.5, 0.6) is 0 Å². The fraction of sp³-hybridized carbons (Fsp3) is 0.533. The van der Waals surface area contributed by atoms with Gasteiger partial charge < -0.3 is 11.1 Å². The smallest absolute Gasteiger partial charge is 0.229 e. The van der Waals surface area contributed by atoms with E-state index in [4.69, 9.17) is 17.3 Å². The van der Waals surface area contributed by atoms with E-state index in [1.807, 2.05) is 25.1 Å². The van der Waals surface area contributed by atoms with Gasteiger partial charge in [0.25, 0.3) is 0 Å². The summed E-state index contributed by atoms with van der Waals surface area (Å²) in [5, 5.41) is 3.49. The first kappa shape index (κ1) is 14.4. The number of nitrogens with one attached hydrogen (secondary N) is 1. The lowest BCUT2D eigenvalue weighted by atomic mass is 9.94. The number of aryl methyl sites for hydroxylation is 1. The summed E-state index contributed by atoms with van der Waals surface area (Å²) in [6, 6.07) is 5.60. The van der Waals surface area contributed by atoms with Crippen LogP contribution < -0.4 is 11.1 Å². The monoisotopic (exact) mass is 280 g/mol. The second kappa shape index (κ2) is 6.40. The lowest BCUT2D eigenvalue weighted by Crippen LogP contribution is -2.37. The van der Waals surface area contributed by atoms with Crippen LogP contribution in [0.25, 0.3) is 0 Å². The van der Waals surface area contributed by atoms with Crippen LogP contribution in [0.4, 0.5) is 5.69 Å². The third-order valence-electron chi connectivity index (χ3n) is 3.79. The topological polar surface area (TPSA) is 55.1 Å². The molecule has 0 heterocycles. The Kier molecular flexibility index (Phi) is 4.83. The first-order valence-corrected chi connectivity index (χ1v) is 7.28.